The number of halogens is 1. The van der Waals surface area contributed by atoms with E-state index in [1.54, 1.807) is 0 Å². The largest absolute Gasteiger partial charge is 0.311 e. The first-order chi connectivity index (χ1) is 25.7. The van der Waals surface area contributed by atoms with Crippen LogP contribution in [0, 0.1) is 5.82 Å². The molecule has 9 aromatic carbocycles. The van der Waals surface area contributed by atoms with Gasteiger partial charge in [0.15, 0.2) is 0 Å². The van der Waals surface area contributed by atoms with Crippen molar-refractivity contribution in [3.8, 4) is 44.5 Å². The number of hydrogen-bond donors (Lipinski definition) is 0. The minimum atomic E-state index is -0.258. The Morgan fingerprint density at radius 3 is 1.10 bits per heavy atom. The first-order valence-electron chi connectivity index (χ1n) is 17.6. The van der Waals surface area contributed by atoms with Gasteiger partial charge in [-0.3, -0.25) is 0 Å². The molecule has 0 aliphatic rings. The van der Waals surface area contributed by atoms with Crippen LogP contribution in [0.2, 0.25) is 0 Å². The summed E-state index contributed by atoms with van der Waals surface area (Å²) < 4.78 is 14.1. The molecule has 246 valence electrons. The number of nitrogens with zero attached hydrogens (tertiary/aromatic N) is 1. The fourth-order valence-corrected chi connectivity index (χ4v) is 7.29. The van der Waals surface area contributed by atoms with Crippen molar-refractivity contribution >= 4 is 38.6 Å². The highest BCUT2D eigenvalue weighted by Gasteiger charge is 2.15. The molecule has 0 aliphatic heterocycles. The van der Waals surface area contributed by atoms with Crippen LogP contribution < -0.4 is 4.90 Å². The molecule has 0 saturated carbocycles. The quantitative estimate of drug-likeness (QED) is 0.163. The summed E-state index contributed by atoms with van der Waals surface area (Å²) in [4.78, 5) is 2.18. The van der Waals surface area contributed by atoms with Crippen LogP contribution in [0.4, 0.5) is 21.5 Å². The molecule has 0 amide bonds. The normalized spacial score (nSPS) is 11.2. The topological polar surface area (TPSA) is 3.24 Å². The lowest BCUT2D eigenvalue weighted by molar-refractivity contribution is 0.628. The Hall–Kier alpha value is -6.77. The van der Waals surface area contributed by atoms with Crippen LogP contribution in [0.15, 0.2) is 206 Å². The molecular formula is C50H34FN. The lowest BCUT2D eigenvalue weighted by atomic mass is 9.94. The molecule has 0 fully saturated rings. The monoisotopic (exact) mass is 667 g/mol. The molecule has 0 N–H and O–H groups in total. The smallest absolute Gasteiger partial charge is 0.123 e. The molecule has 0 saturated heterocycles. The zero-order valence-electron chi connectivity index (χ0n) is 28.5. The Kier molecular flexibility index (Phi) is 8.11. The van der Waals surface area contributed by atoms with Crippen LogP contribution in [-0.4, -0.2) is 0 Å². The predicted molar refractivity (Wildman–Crippen MR) is 218 cm³/mol. The maximum atomic E-state index is 14.1. The van der Waals surface area contributed by atoms with E-state index in [9.17, 15) is 4.39 Å². The summed E-state index contributed by atoms with van der Waals surface area (Å²) in [7, 11) is 0. The van der Waals surface area contributed by atoms with Gasteiger partial charge in [0.1, 0.15) is 5.82 Å². The van der Waals surface area contributed by atoms with Gasteiger partial charge in [-0.05, 0) is 127 Å². The van der Waals surface area contributed by atoms with Gasteiger partial charge in [-0.25, -0.2) is 4.39 Å². The van der Waals surface area contributed by atoms with Crippen molar-refractivity contribution in [1.82, 2.24) is 0 Å². The Labute approximate surface area is 303 Å². The van der Waals surface area contributed by atoms with Gasteiger partial charge in [0.2, 0.25) is 0 Å². The summed E-state index contributed by atoms with van der Waals surface area (Å²) in [5, 5.41) is 4.89. The van der Waals surface area contributed by atoms with E-state index in [-0.39, 0.29) is 5.82 Å². The van der Waals surface area contributed by atoms with Crippen LogP contribution in [0.25, 0.3) is 66.1 Å². The van der Waals surface area contributed by atoms with E-state index >= 15 is 0 Å². The summed E-state index contributed by atoms with van der Waals surface area (Å²) in [6.07, 6.45) is 0. The minimum Gasteiger partial charge on any atom is -0.311 e. The Morgan fingerprint density at radius 2 is 0.673 bits per heavy atom. The van der Waals surface area contributed by atoms with E-state index in [0.717, 1.165) is 39.3 Å². The molecule has 0 aliphatic carbocycles. The van der Waals surface area contributed by atoms with Crippen LogP contribution >= 0.6 is 0 Å². The summed E-state index contributed by atoms with van der Waals surface area (Å²) in [5.41, 5.74) is 12.3. The third-order valence-corrected chi connectivity index (χ3v) is 9.94. The fraction of sp³-hybridized carbons (Fsp3) is 0. The number of rotatable bonds is 7. The highest BCUT2D eigenvalue weighted by Crippen LogP contribution is 2.39. The van der Waals surface area contributed by atoms with E-state index in [1.807, 2.05) is 12.1 Å². The molecule has 0 spiro atoms. The van der Waals surface area contributed by atoms with Crippen LogP contribution in [0.1, 0.15) is 0 Å². The van der Waals surface area contributed by atoms with Crippen molar-refractivity contribution in [3.05, 3.63) is 212 Å². The van der Waals surface area contributed by atoms with Gasteiger partial charge < -0.3 is 4.90 Å². The van der Waals surface area contributed by atoms with Crippen molar-refractivity contribution in [1.29, 1.82) is 0 Å². The van der Waals surface area contributed by atoms with E-state index < -0.39 is 0 Å². The molecule has 0 atom stereocenters. The summed E-state index contributed by atoms with van der Waals surface area (Å²) in [5.74, 6) is -0.258. The third kappa shape index (κ3) is 6.01. The standard InChI is InChI=1S/C50H34FN/c51-43-25-31-46(32-26-43)52(44-27-21-35(22-28-44)41-19-17-39-13-7-15-47(49(39)33-41)37-9-3-1-4-10-37)45-29-23-36(24-30-45)42-20-18-40-14-8-16-48(50(40)34-42)38-11-5-2-6-12-38/h1-34H. The maximum Gasteiger partial charge on any atom is 0.123 e. The average Bonchev–Trinajstić information content (AvgIpc) is 3.22. The summed E-state index contributed by atoms with van der Waals surface area (Å²) in [6, 6.07) is 71.4. The van der Waals surface area contributed by atoms with Gasteiger partial charge in [0.05, 0.1) is 0 Å². The highest BCUT2D eigenvalue weighted by atomic mass is 19.1. The van der Waals surface area contributed by atoms with Crippen LogP contribution in [-0.2, 0) is 0 Å². The number of hydrogen-bond acceptors (Lipinski definition) is 1. The zero-order chi connectivity index (χ0) is 34.9. The van der Waals surface area contributed by atoms with Gasteiger partial charge >= 0.3 is 0 Å². The molecule has 9 rings (SSSR count). The Morgan fingerprint density at radius 1 is 0.288 bits per heavy atom. The molecule has 0 radical (unpaired) electrons. The highest BCUT2D eigenvalue weighted by molar-refractivity contribution is 6.00. The summed E-state index contributed by atoms with van der Waals surface area (Å²) >= 11 is 0. The van der Waals surface area contributed by atoms with Gasteiger partial charge in [-0.1, -0.05) is 146 Å². The SMILES string of the molecule is Fc1ccc(N(c2ccc(-c3ccc4cccc(-c5ccccc5)c4c3)cc2)c2ccc(-c3ccc4cccc(-c5ccccc5)c4c3)cc2)cc1. The van der Waals surface area contributed by atoms with E-state index in [0.29, 0.717) is 0 Å². The van der Waals surface area contributed by atoms with Gasteiger partial charge in [-0.2, -0.15) is 0 Å². The number of anilines is 3. The van der Waals surface area contributed by atoms with Crippen molar-refractivity contribution < 1.29 is 4.39 Å². The number of benzene rings is 9. The fourth-order valence-electron chi connectivity index (χ4n) is 7.29. The van der Waals surface area contributed by atoms with Crippen molar-refractivity contribution in [2.24, 2.45) is 0 Å². The molecule has 0 unspecified atom stereocenters. The third-order valence-electron chi connectivity index (χ3n) is 9.94. The Balaban J connectivity index is 1.06. The first-order valence-corrected chi connectivity index (χ1v) is 17.6. The van der Waals surface area contributed by atoms with Crippen LogP contribution in [0.3, 0.4) is 0 Å². The molecule has 2 heteroatoms. The van der Waals surface area contributed by atoms with Crippen molar-refractivity contribution in [2.75, 3.05) is 4.90 Å². The zero-order valence-corrected chi connectivity index (χ0v) is 28.5. The molecule has 9 aromatic rings. The minimum absolute atomic E-state index is 0.258. The van der Waals surface area contributed by atoms with E-state index in [2.05, 4.69) is 187 Å². The second-order valence-corrected chi connectivity index (χ2v) is 13.1. The second kappa shape index (κ2) is 13.5. The molecule has 0 bridgehead atoms. The van der Waals surface area contributed by atoms with Gasteiger partial charge in [-0.15, -0.1) is 0 Å². The van der Waals surface area contributed by atoms with E-state index in [1.165, 1.54) is 55.9 Å². The molecule has 0 heterocycles. The van der Waals surface area contributed by atoms with Gasteiger partial charge in [0, 0.05) is 17.1 Å². The lowest BCUT2D eigenvalue weighted by Gasteiger charge is -2.26. The lowest BCUT2D eigenvalue weighted by Crippen LogP contribution is -2.09. The predicted octanol–water partition coefficient (Wildman–Crippen LogP) is 14.3. The van der Waals surface area contributed by atoms with Gasteiger partial charge in [0.25, 0.3) is 0 Å². The molecule has 0 aromatic heterocycles. The van der Waals surface area contributed by atoms with Crippen LogP contribution in [0.5, 0.6) is 0 Å². The van der Waals surface area contributed by atoms with E-state index in [4.69, 9.17) is 0 Å². The average molecular weight is 668 g/mol. The maximum absolute atomic E-state index is 14.1. The molecule has 52 heavy (non-hydrogen) atoms. The number of fused-ring (bicyclic) bond motifs is 2. The molecular weight excluding hydrogens is 634 g/mol. The first kappa shape index (κ1) is 31.2. The molecule has 1 nitrogen and oxygen atoms in total. The van der Waals surface area contributed by atoms with Crippen molar-refractivity contribution in [2.45, 2.75) is 0 Å². The summed E-state index contributed by atoms with van der Waals surface area (Å²) in [6.45, 7) is 0. The Bertz CT molecular complexity index is 2480. The van der Waals surface area contributed by atoms with Crippen molar-refractivity contribution in [3.63, 3.8) is 0 Å². The second-order valence-electron chi connectivity index (χ2n) is 13.1.